The minimum Gasteiger partial charge on any atom is -0.472 e. The van der Waals surface area contributed by atoms with Gasteiger partial charge in [0.05, 0.1) is 30.4 Å². The first-order valence-electron chi connectivity index (χ1n) is 9.22. The average molecular weight is 404 g/mol. The van der Waals surface area contributed by atoms with Crippen molar-refractivity contribution in [3.8, 4) is 5.88 Å². The van der Waals surface area contributed by atoms with Gasteiger partial charge in [-0.1, -0.05) is 18.5 Å². The first-order chi connectivity index (χ1) is 13.5. The van der Waals surface area contributed by atoms with Crippen LogP contribution >= 0.6 is 11.6 Å². The van der Waals surface area contributed by atoms with Gasteiger partial charge in [-0.2, -0.15) is 0 Å². The number of anilines is 2. The lowest BCUT2D eigenvalue weighted by molar-refractivity contribution is 0.0600. The SMILES string of the molecule is CC[C@]12CNc3nnc(Cl)cc3N1C[C@H](Oc1ncc(C(=O)OC)cc1C)C2. The maximum atomic E-state index is 11.7. The summed E-state index contributed by atoms with van der Waals surface area (Å²) in [5.74, 6) is 0.861. The molecule has 1 saturated heterocycles. The number of aryl methyl sites for hydroxylation is 1. The summed E-state index contributed by atoms with van der Waals surface area (Å²) in [6, 6.07) is 3.58. The van der Waals surface area contributed by atoms with Gasteiger partial charge in [-0.25, -0.2) is 9.78 Å². The highest BCUT2D eigenvalue weighted by Crippen LogP contribution is 2.44. The lowest BCUT2D eigenvalue weighted by atomic mass is 9.90. The van der Waals surface area contributed by atoms with Crippen molar-refractivity contribution in [1.29, 1.82) is 0 Å². The van der Waals surface area contributed by atoms with Crippen molar-refractivity contribution in [3.05, 3.63) is 34.6 Å². The fraction of sp³-hybridized carbons (Fsp3) is 0.474. The predicted octanol–water partition coefficient (Wildman–Crippen LogP) is 2.85. The van der Waals surface area contributed by atoms with Crippen molar-refractivity contribution in [2.45, 2.75) is 38.3 Å². The minimum atomic E-state index is -0.411. The molecule has 2 atom stereocenters. The number of carbonyl (C=O) groups is 1. The first-order valence-corrected chi connectivity index (χ1v) is 9.60. The predicted molar refractivity (Wildman–Crippen MR) is 105 cm³/mol. The summed E-state index contributed by atoms with van der Waals surface area (Å²) >= 11 is 6.09. The third kappa shape index (κ3) is 3.11. The summed E-state index contributed by atoms with van der Waals surface area (Å²) in [5.41, 5.74) is 2.08. The van der Waals surface area contributed by atoms with E-state index < -0.39 is 5.97 Å². The number of rotatable bonds is 4. The van der Waals surface area contributed by atoms with Crippen molar-refractivity contribution in [3.63, 3.8) is 0 Å². The van der Waals surface area contributed by atoms with E-state index in [-0.39, 0.29) is 11.6 Å². The number of hydrogen-bond acceptors (Lipinski definition) is 8. The van der Waals surface area contributed by atoms with Crippen molar-refractivity contribution < 1.29 is 14.3 Å². The Morgan fingerprint density at radius 3 is 2.96 bits per heavy atom. The summed E-state index contributed by atoms with van der Waals surface area (Å²) in [4.78, 5) is 18.3. The van der Waals surface area contributed by atoms with E-state index in [0.717, 1.165) is 36.5 Å². The van der Waals surface area contributed by atoms with Gasteiger partial charge < -0.3 is 19.7 Å². The van der Waals surface area contributed by atoms with Gasteiger partial charge in [0.25, 0.3) is 0 Å². The molecule has 2 aromatic heterocycles. The van der Waals surface area contributed by atoms with Gasteiger partial charge in [0.2, 0.25) is 5.88 Å². The third-order valence-corrected chi connectivity index (χ3v) is 5.76. The molecule has 0 spiro atoms. The van der Waals surface area contributed by atoms with E-state index in [1.54, 1.807) is 6.07 Å². The molecule has 0 aromatic carbocycles. The van der Waals surface area contributed by atoms with Crippen LogP contribution in [0.1, 0.15) is 35.7 Å². The average Bonchev–Trinajstić information content (AvgIpc) is 3.08. The van der Waals surface area contributed by atoms with Crippen molar-refractivity contribution >= 4 is 29.1 Å². The van der Waals surface area contributed by atoms with Gasteiger partial charge in [-0.3, -0.25) is 0 Å². The Hall–Kier alpha value is -2.61. The van der Waals surface area contributed by atoms with Crippen molar-refractivity contribution in [2.75, 3.05) is 30.4 Å². The summed E-state index contributed by atoms with van der Waals surface area (Å²) in [6.45, 7) is 5.51. The molecule has 2 aliphatic rings. The van der Waals surface area contributed by atoms with Gasteiger partial charge in [0.1, 0.15) is 6.10 Å². The molecule has 0 aliphatic carbocycles. The summed E-state index contributed by atoms with van der Waals surface area (Å²) in [6.07, 6.45) is 3.23. The van der Waals surface area contributed by atoms with Crippen LogP contribution in [-0.4, -0.2) is 53.0 Å². The monoisotopic (exact) mass is 403 g/mol. The topological polar surface area (TPSA) is 89.5 Å². The molecule has 1 N–H and O–H groups in total. The van der Waals surface area contributed by atoms with Crippen LogP contribution in [0, 0.1) is 6.92 Å². The number of nitrogens with one attached hydrogen (secondary N) is 1. The van der Waals surface area contributed by atoms with Crippen LogP contribution < -0.4 is 15.0 Å². The maximum Gasteiger partial charge on any atom is 0.339 e. The lowest BCUT2D eigenvalue weighted by Crippen LogP contribution is -2.52. The Labute approximate surface area is 168 Å². The molecule has 4 rings (SSSR count). The largest absolute Gasteiger partial charge is 0.472 e. The molecule has 0 saturated carbocycles. The maximum absolute atomic E-state index is 11.7. The van der Waals surface area contributed by atoms with Crippen LogP contribution in [0.5, 0.6) is 5.88 Å². The first kappa shape index (κ1) is 18.7. The van der Waals surface area contributed by atoms with Crippen LogP contribution in [-0.2, 0) is 4.74 Å². The van der Waals surface area contributed by atoms with E-state index in [2.05, 4.69) is 32.3 Å². The Balaban J connectivity index is 1.58. The molecule has 2 aliphatic heterocycles. The van der Waals surface area contributed by atoms with E-state index in [0.29, 0.717) is 23.1 Å². The lowest BCUT2D eigenvalue weighted by Gasteiger charge is -2.43. The molecule has 8 nitrogen and oxygen atoms in total. The van der Waals surface area contributed by atoms with Gasteiger partial charge in [0.15, 0.2) is 11.0 Å². The Morgan fingerprint density at radius 1 is 1.43 bits per heavy atom. The molecule has 4 heterocycles. The molecule has 28 heavy (non-hydrogen) atoms. The highest BCUT2D eigenvalue weighted by atomic mass is 35.5. The van der Waals surface area contributed by atoms with E-state index in [1.807, 2.05) is 13.0 Å². The smallest absolute Gasteiger partial charge is 0.339 e. The number of nitrogens with zero attached hydrogens (tertiary/aromatic N) is 4. The Bertz CT molecular complexity index is 924. The molecule has 0 bridgehead atoms. The van der Waals surface area contributed by atoms with Gasteiger partial charge >= 0.3 is 5.97 Å². The molecule has 0 unspecified atom stereocenters. The number of pyridine rings is 1. The molecule has 1 fully saturated rings. The summed E-state index contributed by atoms with van der Waals surface area (Å²) in [7, 11) is 1.35. The van der Waals surface area contributed by atoms with Crippen LogP contribution in [0.3, 0.4) is 0 Å². The molecule has 0 amide bonds. The zero-order chi connectivity index (χ0) is 19.9. The Kier molecular flexibility index (Phi) is 4.74. The number of carbonyl (C=O) groups excluding carboxylic acids is 1. The van der Waals surface area contributed by atoms with Crippen molar-refractivity contribution in [2.24, 2.45) is 0 Å². The molecule has 0 radical (unpaired) electrons. The van der Waals surface area contributed by atoms with Crippen LogP contribution in [0.15, 0.2) is 18.3 Å². The summed E-state index contributed by atoms with van der Waals surface area (Å²) in [5, 5.41) is 11.8. The van der Waals surface area contributed by atoms with E-state index in [9.17, 15) is 4.79 Å². The molecule has 2 aromatic rings. The highest BCUT2D eigenvalue weighted by Gasteiger charge is 2.49. The second kappa shape index (κ2) is 7.09. The second-order valence-corrected chi connectivity index (χ2v) is 7.61. The van der Waals surface area contributed by atoms with E-state index in [1.165, 1.54) is 13.3 Å². The van der Waals surface area contributed by atoms with Gasteiger partial charge in [-0.15, -0.1) is 10.2 Å². The van der Waals surface area contributed by atoms with Gasteiger partial charge in [-0.05, 0) is 19.4 Å². The zero-order valence-electron chi connectivity index (χ0n) is 16.0. The summed E-state index contributed by atoms with van der Waals surface area (Å²) < 4.78 is 11.0. The fourth-order valence-electron chi connectivity index (χ4n) is 4.07. The third-order valence-electron chi connectivity index (χ3n) is 5.57. The zero-order valence-corrected chi connectivity index (χ0v) is 16.8. The van der Waals surface area contributed by atoms with E-state index in [4.69, 9.17) is 21.1 Å². The number of hydrogen-bond donors (Lipinski definition) is 1. The fourth-order valence-corrected chi connectivity index (χ4v) is 4.21. The highest BCUT2D eigenvalue weighted by molar-refractivity contribution is 6.29. The van der Waals surface area contributed by atoms with Crippen molar-refractivity contribution in [1.82, 2.24) is 15.2 Å². The number of fused-ring (bicyclic) bond motifs is 3. The standard InChI is InChI=1S/C19H22ClN5O3/c1-4-19-7-13(28-17-11(2)5-12(8-21-17)18(26)27-3)9-25(19)14-6-15(20)23-24-16(14)22-10-19/h5-6,8,13H,4,7,9-10H2,1-3H3,(H,22,24)/t13-,19+/m1/s1. The van der Waals surface area contributed by atoms with Crippen LogP contribution in [0.25, 0.3) is 0 Å². The molecular weight excluding hydrogens is 382 g/mol. The Morgan fingerprint density at radius 2 is 2.25 bits per heavy atom. The number of esters is 1. The second-order valence-electron chi connectivity index (χ2n) is 7.22. The van der Waals surface area contributed by atoms with E-state index >= 15 is 0 Å². The minimum absolute atomic E-state index is 0.0465. The van der Waals surface area contributed by atoms with Crippen LogP contribution in [0.2, 0.25) is 5.15 Å². The molecular formula is C19H22ClN5O3. The number of halogens is 1. The normalized spacial score (nSPS) is 22.9. The molecule has 148 valence electrons. The number of methoxy groups -OCH3 is 1. The number of aromatic nitrogens is 3. The molecule has 9 heteroatoms. The quantitative estimate of drug-likeness (QED) is 0.779. The van der Waals surface area contributed by atoms with Gasteiger partial charge in [0, 0.05) is 30.8 Å². The van der Waals surface area contributed by atoms with Crippen LogP contribution in [0.4, 0.5) is 11.5 Å². The number of ether oxygens (including phenoxy) is 2.